The van der Waals surface area contributed by atoms with Crippen LogP contribution >= 0.6 is 0 Å². The highest BCUT2D eigenvalue weighted by atomic mass is 15.3. The molecule has 0 aliphatic rings. The van der Waals surface area contributed by atoms with Crippen molar-refractivity contribution >= 4 is 16.9 Å². The van der Waals surface area contributed by atoms with E-state index in [1.54, 1.807) is 21.8 Å². The highest BCUT2D eigenvalue weighted by Crippen LogP contribution is 2.20. The van der Waals surface area contributed by atoms with Gasteiger partial charge in [-0.1, -0.05) is 0 Å². The van der Waals surface area contributed by atoms with Gasteiger partial charge in [0.25, 0.3) is 0 Å². The van der Waals surface area contributed by atoms with Gasteiger partial charge in [-0.05, 0) is 30.3 Å². The molecule has 7 nitrogen and oxygen atoms in total. The van der Waals surface area contributed by atoms with Crippen LogP contribution in [0, 0.1) is 0 Å². The summed E-state index contributed by atoms with van der Waals surface area (Å²) in [6, 6.07) is 9.75. The molecule has 0 saturated carbocycles. The Morgan fingerprint density at radius 3 is 2.52 bits per heavy atom. The highest BCUT2D eigenvalue weighted by molar-refractivity contribution is 5.85. The molecule has 0 atom stereocenters. The lowest BCUT2D eigenvalue weighted by Gasteiger charge is -2.05. The van der Waals surface area contributed by atoms with Crippen molar-refractivity contribution in [2.75, 3.05) is 5.73 Å². The molecule has 102 valence electrons. The highest BCUT2D eigenvalue weighted by Gasteiger charge is 2.09. The number of aromatic nitrogens is 6. The minimum absolute atomic E-state index is 0.430. The standard InChI is InChI=1S/C14H11N7/c15-13-12-8-19-21(14(12)17-9-16-13)11-4-2-10(3-5-11)20-7-1-6-18-20/h1-9H,(H2,15,16,17). The summed E-state index contributed by atoms with van der Waals surface area (Å²) in [5.74, 6) is 0.430. The van der Waals surface area contributed by atoms with Crippen LogP contribution in [-0.4, -0.2) is 29.5 Å². The van der Waals surface area contributed by atoms with Gasteiger partial charge in [0.05, 0.1) is 23.0 Å². The zero-order chi connectivity index (χ0) is 14.2. The maximum absolute atomic E-state index is 5.82. The number of fused-ring (bicyclic) bond motifs is 1. The monoisotopic (exact) mass is 277 g/mol. The summed E-state index contributed by atoms with van der Waals surface area (Å²) in [5, 5.41) is 9.27. The van der Waals surface area contributed by atoms with E-state index in [0.29, 0.717) is 11.5 Å². The smallest absolute Gasteiger partial charge is 0.168 e. The second-order valence-electron chi connectivity index (χ2n) is 4.52. The Morgan fingerprint density at radius 2 is 1.76 bits per heavy atom. The third-order valence-corrected chi connectivity index (χ3v) is 3.26. The maximum atomic E-state index is 5.82. The van der Waals surface area contributed by atoms with E-state index in [9.17, 15) is 0 Å². The second kappa shape index (κ2) is 4.41. The number of hydrogen-bond donors (Lipinski definition) is 1. The van der Waals surface area contributed by atoms with Crippen LogP contribution in [0.15, 0.2) is 55.2 Å². The van der Waals surface area contributed by atoms with Crippen LogP contribution < -0.4 is 5.73 Å². The Hall–Kier alpha value is -3.22. The lowest BCUT2D eigenvalue weighted by Crippen LogP contribution is -2.00. The molecule has 0 fully saturated rings. The van der Waals surface area contributed by atoms with Crippen molar-refractivity contribution < 1.29 is 0 Å². The Kier molecular flexibility index (Phi) is 2.43. The molecule has 0 radical (unpaired) electrons. The molecule has 0 bridgehead atoms. The van der Waals surface area contributed by atoms with Crippen molar-refractivity contribution in [1.82, 2.24) is 29.5 Å². The lowest BCUT2D eigenvalue weighted by atomic mass is 10.3. The van der Waals surface area contributed by atoms with Gasteiger partial charge >= 0.3 is 0 Å². The van der Waals surface area contributed by atoms with E-state index < -0.39 is 0 Å². The van der Waals surface area contributed by atoms with Crippen molar-refractivity contribution in [2.45, 2.75) is 0 Å². The molecule has 3 aromatic heterocycles. The second-order valence-corrected chi connectivity index (χ2v) is 4.52. The van der Waals surface area contributed by atoms with Crippen LogP contribution in [0.3, 0.4) is 0 Å². The van der Waals surface area contributed by atoms with Gasteiger partial charge in [0.2, 0.25) is 0 Å². The quantitative estimate of drug-likeness (QED) is 0.601. The Balaban J connectivity index is 1.80. The fourth-order valence-corrected chi connectivity index (χ4v) is 2.22. The summed E-state index contributed by atoms with van der Waals surface area (Å²) in [7, 11) is 0. The molecule has 0 aliphatic heterocycles. The predicted molar refractivity (Wildman–Crippen MR) is 78.2 cm³/mol. The lowest BCUT2D eigenvalue weighted by molar-refractivity contribution is 0.870. The molecule has 0 unspecified atom stereocenters. The zero-order valence-electron chi connectivity index (χ0n) is 11.0. The van der Waals surface area contributed by atoms with Crippen molar-refractivity contribution in [1.29, 1.82) is 0 Å². The van der Waals surface area contributed by atoms with E-state index in [4.69, 9.17) is 5.73 Å². The summed E-state index contributed by atoms with van der Waals surface area (Å²) < 4.78 is 3.53. The number of benzene rings is 1. The van der Waals surface area contributed by atoms with Crippen LogP contribution in [0.2, 0.25) is 0 Å². The predicted octanol–water partition coefficient (Wildman–Crippen LogP) is 1.58. The SMILES string of the molecule is Nc1ncnc2c1cnn2-c1ccc(-n2cccn2)cc1. The van der Waals surface area contributed by atoms with Crippen molar-refractivity contribution in [3.8, 4) is 11.4 Å². The number of rotatable bonds is 2. The van der Waals surface area contributed by atoms with Crippen LogP contribution in [0.25, 0.3) is 22.4 Å². The van der Waals surface area contributed by atoms with E-state index in [1.807, 2.05) is 36.5 Å². The number of nitrogens with two attached hydrogens (primary N) is 1. The van der Waals surface area contributed by atoms with Crippen LogP contribution in [0.4, 0.5) is 5.82 Å². The van der Waals surface area contributed by atoms with Gasteiger partial charge in [-0.3, -0.25) is 0 Å². The number of anilines is 1. The summed E-state index contributed by atoms with van der Waals surface area (Å²) in [6.07, 6.45) is 6.75. The Labute approximate surface area is 119 Å². The molecule has 1 aromatic carbocycles. The Morgan fingerprint density at radius 1 is 0.952 bits per heavy atom. The average molecular weight is 277 g/mol. The molecular weight excluding hydrogens is 266 g/mol. The fraction of sp³-hybridized carbons (Fsp3) is 0. The van der Waals surface area contributed by atoms with Crippen LogP contribution in [-0.2, 0) is 0 Å². The first-order valence-electron chi connectivity index (χ1n) is 6.37. The molecule has 0 aliphatic carbocycles. The molecule has 21 heavy (non-hydrogen) atoms. The molecule has 7 heteroatoms. The number of hydrogen-bond acceptors (Lipinski definition) is 5. The molecule has 0 saturated heterocycles. The van der Waals surface area contributed by atoms with Crippen molar-refractivity contribution in [2.24, 2.45) is 0 Å². The Bertz CT molecular complexity index is 891. The molecule has 2 N–H and O–H groups in total. The van der Waals surface area contributed by atoms with Gasteiger partial charge in [0, 0.05) is 12.4 Å². The summed E-state index contributed by atoms with van der Waals surface area (Å²) in [4.78, 5) is 8.21. The molecular formula is C14H11N7. The van der Waals surface area contributed by atoms with Gasteiger partial charge in [0.1, 0.15) is 12.1 Å². The topological polar surface area (TPSA) is 87.4 Å². The fourth-order valence-electron chi connectivity index (χ4n) is 2.22. The summed E-state index contributed by atoms with van der Waals surface area (Å²) in [5.41, 5.74) is 8.39. The van der Waals surface area contributed by atoms with Gasteiger partial charge in [-0.2, -0.15) is 10.2 Å². The van der Waals surface area contributed by atoms with E-state index in [2.05, 4.69) is 20.2 Å². The van der Waals surface area contributed by atoms with Gasteiger partial charge in [-0.25, -0.2) is 19.3 Å². The van der Waals surface area contributed by atoms with E-state index in [1.165, 1.54) is 6.33 Å². The van der Waals surface area contributed by atoms with Crippen LogP contribution in [0.1, 0.15) is 0 Å². The van der Waals surface area contributed by atoms with E-state index in [-0.39, 0.29) is 0 Å². The first kappa shape index (κ1) is 11.6. The zero-order valence-corrected chi connectivity index (χ0v) is 11.0. The molecule has 0 amide bonds. The molecule has 0 spiro atoms. The minimum Gasteiger partial charge on any atom is -0.383 e. The van der Waals surface area contributed by atoms with Crippen molar-refractivity contribution in [3.63, 3.8) is 0 Å². The largest absolute Gasteiger partial charge is 0.383 e. The van der Waals surface area contributed by atoms with Crippen LogP contribution in [0.5, 0.6) is 0 Å². The molecule has 4 aromatic rings. The average Bonchev–Trinajstić information content (AvgIpc) is 3.18. The number of nitrogens with zero attached hydrogens (tertiary/aromatic N) is 6. The molecule has 3 heterocycles. The third kappa shape index (κ3) is 1.83. The van der Waals surface area contributed by atoms with Gasteiger partial charge in [0.15, 0.2) is 5.65 Å². The summed E-state index contributed by atoms with van der Waals surface area (Å²) >= 11 is 0. The van der Waals surface area contributed by atoms with E-state index in [0.717, 1.165) is 16.8 Å². The summed E-state index contributed by atoms with van der Waals surface area (Å²) in [6.45, 7) is 0. The van der Waals surface area contributed by atoms with Gasteiger partial charge in [-0.15, -0.1) is 0 Å². The number of nitrogen functional groups attached to an aromatic ring is 1. The van der Waals surface area contributed by atoms with Crippen molar-refractivity contribution in [3.05, 3.63) is 55.2 Å². The maximum Gasteiger partial charge on any atom is 0.168 e. The van der Waals surface area contributed by atoms with Gasteiger partial charge < -0.3 is 5.73 Å². The minimum atomic E-state index is 0.430. The third-order valence-electron chi connectivity index (χ3n) is 3.26. The molecule has 4 rings (SSSR count). The first-order valence-corrected chi connectivity index (χ1v) is 6.37. The normalized spacial score (nSPS) is 11.0. The van der Waals surface area contributed by atoms with E-state index >= 15 is 0 Å². The first-order chi connectivity index (χ1) is 10.3.